The second-order valence-electron chi connectivity index (χ2n) is 5.57. The van der Waals surface area contributed by atoms with Crippen LogP contribution in [0.15, 0.2) is 11.6 Å². The topological polar surface area (TPSA) is 46.6 Å². The molecule has 0 aromatic carbocycles. The van der Waals surface area contributed by atoms with Gasteiger partial charge in [-0.05, 0) is 47.5 Å². The molecule has 0 radical (unpaired) electrons. The SMILES string of the molecule is CC1=CC(=O)N(C(=O)OC(C)(C)C)C(C)CC1. The maximum absolute atomic E-state index is 11.9. The first-order chi connectivity index (χ1) is 7.70. The minimum atomic E-state index is -0.581. The van der Waals surface area contributed by atoms with Crippen LogP contribution in [0.2, 0.25) is 0 Å². The highest BCUT2D eigenvalue weighted by molar-refractivity contribution is 5.99. The van der Waals surface area contributed by atoms with E-state index in [1.54, 1.807) is 20.8 Å². The van der Waals surface area contributed by atoms with Gasteiger partial charge in [-0.25, -0.2) is 9.69 Å². The van der Waals surface area contributed by atoms with Gasteiger partial charge in [-0.2, -0.15) is 0 Å². The van der Waals surface area contributed by atoms with E-state index in [-0.39, 0.29) is 11.9 Å². The van der Waals surface area contributed by atoms with Gasteiger partial charge in [0.05, 0.1) is 0 Å². The van der Waals surface area contributed by atoms with E-state index in [0.717, 1.165) is 18.4 Å². The summed E-state index contributed by atoms with van der Waals surface area (Å²) in [4.78, 5) is 25.1. The number of hydrogen-bond donors (Lipinski definition) is 0. The van der Waals surface area contributed by atoms with Crippen LogP contribution in [0.1, 0.15) is 47.5 Å². The minimum absolute atomic E-state index is 0.119. The van der Waals surface area contributed by atoms with E-state index in [1.807, 2.05) is 13.8 Å². The van der Waals surface area contributed by atoms with Crippen molar-refractivity contribution in [3.05, 3.63) is 11.6 Å². The van der Waals surface area contributed by atoms with E-state index in [9.17, 15) is 9.59 Å². The maximum atomic E-state index is 11.9. The normalized spacial score (nSPS) is 21.9. The standard InChI is InChI=1S/C13H21NO3/c1-9-6-7-10(2)14(11(15)8-9)12(16)17-13(3,4)5/h8,10H,6-7H2,1-5H3. The second-order valence-corrected chi connectivity index (χ2v) is 5.57. The molecule has 1 atom stereocenters. The molecule has 0 aliphatic carbocycles. The van der Waals surface area contributed by atoms with Gasteiger partial charge in [-0.3, -0.25) is 4.79 Å². The fourth-order valence-corrected chi connectivity index (χ4v) is 1.72. The lowest BCUT2D eigenvalue weighted by atomic mass is 10.1. The Hall–Kier alpha value is -1.32. The van der Waals surface area contributed by atoms with Crippen LogP contribution in [-0.2, 0) is 9.53 Å². The van der Waals surface area contributed by atoms with E-state index in [0.29, 0.717) is 0 Å². The number of ether oxygens (including phenoxy) is 1. The van der Waals surface area contributed by atoms with Gasteiger partial charge in [0, 0.05) is 12.1 Å². The van der Waals surface area contributed by atoms with Crippen LogP contribution in [0, 0.1) is 0 Å². The monoisotopic (exact) mass is 239 g/mol. The average molecular weight is 239 g/mol. The number of allylic oxidation sites excluding steroid dienone is 1. The number of hydrogen-bond acceptors (Lipinski definition) is 3. The predicted octanol–water partition coefficient (Wildman–Crippen LogP) is 2.88. The van der Waals surface area contributed by atoms with Crippen LogP contribution in [0.4, 0.5) is 4.79 Å². The summed E-state index contributed by atoms with van der Waals surface area (Å²) in [6.07, 6.45) is 2.59. The van der Waals surface area contributed by atoms with Crippen molar-refractivity contribution in [3.8, 4) is 0 Å². The van der Waals surface area contributed by atoms with Crippen molar-refractivity contribution in [1.29, 1.82) is 0 Å². The first-order valence-corrected chi connectivity index (χ1v) is 5.94. The lowest BCUT2D eigenvalue weighted by molar-refractivity contribution is -0.126. The highest BCUT2D eigenvalue weighted by Crippen LogP contribution is 2.20. The predicted molar refractivity (Wildman–Crippen MR) is 65.5 cm³/mol. The summed E-state index contributed by atoms with van der Waals surface area (Å²) in [5, 5.41) is 0. The molecule has 1 rings (SSSR count). The number of imide groups is 1. The van der Waals surface area contributed by atoms with E-state index < -0.39 is 11.7 Å². The molecule has 0 bridgehead atoms. The van der Waals surface area contributed by atoms with E-state index in [4.69, 9.17) is 4.74 Å². The Morgan fingerprint density at radius 3 is 2.59 bits per heavy atom. The molecule has 0 N–H and O–H groups in total. The number of carbonyl (C=O) groups excluding carboxylic acids is 2. The van der Waals surface area contributed by atoms with Gasteiger partial charge in [0.25, 0.3) is 5.91 Å². The summed E-state index contributed by atoms with van der Waals surface area (Å²) < 4.78 is 5.25. The Balaban J connectivity index is 2.86. The number of amides is 2. The molecule has 96 valence electrons. The summed E-state index contributed by atoms with van der Waals surface area (Å²) in [5.74, 6) is -0.276. The molecule has 1 aliphatic rings. The highest BCUT2D eigenvalue weighted by Gasteiger charge is 2.31. The first kappa shape index (κ1) is 13.7. The van der Waals surface area contributed by atoms with Crippen molar-refractivity contribution in [2.24, 2.45) is 0 Å². The molecule has 0 aromatic rings. The van der Waals surface area contributed by atoms with Crippen molar-refractivity contribution >= 4 is 12.0 Å². The van der Waals surface area contributed by atoms with E-state index >= 15 is 0 Å². The first-order valence-electron chi connectivity index (χ1n) is 5.94. The van der Waals surface area contributed by atoms with Gasteiger partial charge in [-0.15, -0.1) is 0 Å². The molecule has 1 heterocycles. The molecular weight excluding hydrogens is 218 g/mol. The van der Waals surface area contributed by atoms with Gasteiger partial charge >= 0.3 is 6.09 Å². The minimum Gasteiger partial charge on any atom is -0.443 e. The van der Waals surface area contributed by atoms with Crippen molar-refractivity contribution in [3.63, 3.8) is 0 Å². The summed E-state index contributed by atoms with van der Waals surface area (Å²) >= 11 is 0. The zero-order chi connectivity index (χ0) is 13.2. The third-order valence-corrected chi connectivity index (χ3v) is 2.59. The molecular formula is C13H21NO3. The van der Waals surface area contributed by atoms with Crippen LogP contribution >= 0.6 is 0 Å². The Morgan fingerprint density at radius 1 is 1.47 bits per heavy atom. The fraction of sp³-hybridized carbons (Fsp3) is 0.692. The lowest BCUT2D eigenvalue weighted by Gasteiger charge is -2.28. The summed E-state index contributed by atoms with van der Waals surface area (Å²) in [6, 6.07) is -0.119. The van der Waals surface area contributed by atoms with Crippen molar-refractivity contribution in [1.82, 2.24) is 4.90 Å². The van der Waals surface area contributed by atoms with Crippen LogP contribution in [0.25, 0.3) is 0 Å². The molecule has 4 nitrogen and oxygen atoms in total. The molecule has 0 saturated heterocycles. The zero-order valence-corrected chi connectivity index (χ0v) is 11.2. The van der Waals surface area contributed by atoms with E-state index in [2.05, 4.69) is 0 Å². The highest BCUT2D eigenvalue weighted by atomic mass is 16.6. The molecule has 17 heavy (non-hydrogen) atoms. The fourth-order valence-electron chi connectivity index (χ4n) is 1.72. The van der Waals surface area contributed by atoms with Gasteiger partial charge in [-0.1, -0.05) is 5.57 Å². The van der Waals surface area contributed by atoms with Crippen LogP contribution < -0.4 is 0 Å². The molecule has 0 saturated carbocycles. The van der Waals surface area contributed by atoms with Gasteiger partial charge < -0.3 is 4.74 Å². The molecule has 4 heteroatoms. The Morgan fingerprint density at radius 2 is 2.06 bits per heavy atom. The van der Waals surface area contributed by atoms with Gasteiger partial charge in [0.15, 0.2) is 0 Å². The lowest BCUT2D eigenvalue weighted by Crippen LogP contribution is -2.44. The Bertz CT molecular complexity index is 352. The van der Waals surface area contributed by atoms with Crippen molar-refractivity contribution < 1.29 is 14.3 Å². The van der Waals surface area contributed by atoms with Crippen molar-refractivity contribution in [2.75, 3.05) is 0 Å². The third-order valence-electron chi connectivity index (χ3n) is 2.59. The number of carbonyl (C=O) groups is 2. The molecule has 2 amide bonds. The summed E-state index contributed by atoms with van der Waals surface area (Å²) in [5.41, 5.74) is 0.426. The van der Waals surface area contributed by atoms with Crippen LogP contribution in [0.3, 0.4) is 0 Å². The smallest absolute Gasteiger partial charge is 0.417 e. The van der Waals surface area contributed by atoms with Crippen LogP contribution in [0.5, 0.6) is 0 Å². The van der Waals surface area contributed by atoms with Gasteiger partial charge in [0.2, 0.25) is 0 Å². The molecule has 0 spiro atoms. The summed E-state index contributed by atoms with van der Waals surface area (Å²) in [7, 11) is 0. The molecule has 1 unspecified atom stereocenters. The molecule has 1 aliphatic heterocycles. The third kappa shape index (κ3) is 3.88. The van der Waals surface area contributed by atoms with Crippen LogP contribution in [-0.4, -0.2) is 28.5 Å². The average Bonchev–Trinajstić information content (AvgIpc) is 2.22. The Labute approximate surface area is 103 Å². The quantitative estimate of drug-likeness (QED) is 0.653. The van der Waals surface area contributed by atoms with E-state index in [1.165, 1.54) is 11.0 Å². The number of nitrogens with zero attached hydrogens (tertiary/aromatic N) is 1. The zero-order valence-electron chi connectivity index (χ0n) is 11.2. The second kappa shape index (κ2) is 4.90. The largest absolute Gasteiger partial charge is 0.443 e. The maximum Gasteiger partial charge on any atom is 0.417 e. The molecule has 0 aromatic heterocycles. The molecule has 0 fully saturated rings. The summed E-state index contributed by atoms with van der Waals surface area (Å²) in [6.45, 7) is 9.15. The Kier molecular flexibility index (Phi) is 3.96. The van der Waals surface area contributed by atoms with Crippen molar-refractivity contribution in [2.45, 2.75) is 59.1 Å². The van der Waals surface area contributed by atoms with Gasteiger partial charge in [0.1, 0.15) is 5.60 Å². The number of rotatable bonds is 0.